The number of rotatable bonds is 6. The molecule has 0 spiro atoms. The van der Waals surface area contributed by atoms with Gasteiger partial charge in [0.15, 0.2) is 5.82 Å². The molecule has 0 saturated heterocycles. The van der Waals surface area contributed by atoms with Crippen LogP contribution in [-0.4, -0.2) is 39.4 Å². The van der Waals surface area contributed by atoms with E-state index in [2.05, 4.69) is 26.5 Å². The number of aromatic nitrogens is 2. The fourth-order valence-electron chi connectivity index (χ4n) is 2.39. The highest BCUT2D eigenvalue weighted by Gasteiger charge is 2.19. The quantitative estimate of drug-likeness (QED) is 0.661. The highest BCUT2D eigenvalue weighted by Crippen LogP contribution is 2.27. The summed E-state index contributed by atoms with van der Waals surface area (Å²) in [4.78, 5) is 20.6. The molecule has 148 valence electrons. The average molecular weight is 382 g/mol. The number of ether oxygens (including phenoxy) is 1. The van der Waals surface area contributed by atoms with Gasteiger partial charge in [-0.1, -0.05) is 12.8 Å². The van der Waals surface area contributed by atoms with Gasteiger partial charge in [-0.15, -0.1) is 6.42 Å². The maximum atomic E-state index is 11.9. The van der Waals surface area contributed by atoms with Crippen molar-refractivity contribution >= 4 is 11.9 Å². The fourth-order valence-corrected chi connectivity index (χ4v) is 2.39. The lowest BCUT2D eigenvalue weighted by Crippen LogP contribution is -2.42. The second kappa shape index (κ2) is 9.09. The van der Waals surface area contributed by atoms with Crippen molar-refractivity contribution in [2.45, 2.75) is 45.8 Å². The number of aromatic hydroxyl groups is 1. The van der Waals surface area contributed by atoms with Crippen molar-refractivity contribution in [3.05, 3.63) is 36.0 Å². The van der Waals surface area contributed by atoms with Gasteiger partial charge in [-0.25, -0.2) is 14.8 Å². The van der Waals surface area contributed by atoms with Crippen molar-refractivity contribution in [2.24, 2.45) is 0 Å². The molecule has 1 unspecified atom stereocenters. The number of carbonyl (C=O) groups is 1. The van der Waals surface area contributed by atoms with Crippen LogP contribution in [0.15, 0.2) is 30.5 Å². The molecular weight excluding hydrogens is 356 g/mol. The van der Waals surface area contributed by atoms with E-state index >= 15 is 0 Å². The third-order valence-corrected chi connectivity index (χ3v) is 3.80. The van der Waals surface area contributed by atoms with Gasteiger partial charge in [-0.2, -0.15) is 0 Å². The lowest BCUT2D eigenvalue weighted by molar-refractivity contribution is 0.0506. The Kier molecular flexibility index (Phi) is 6.83. The molecule has 1 heterocycles. The number of carbonyl (C=O) groups excluding carboxylic acids is 1. The predicted molar refractivity (Wildman–Crippen MR) is 109 cm³/mol. The minimum Gasteiger partial charge on any atom is -0.507 e. The Morgan fingerprint density at radius 2 is 2.11 bits per heavy atom. The van der Waals surface area contributed by atoms with Crippen LogP contribution in [0, 0.1) is 12.3 Å². The zero-order valence-corrected chi connectivity index (χ0v) is 16.6. The molecule has 3 N–H and O–H groups in total. The highest BCUT2D eigenvalue weighted by molar-refractivity contribution is 5.68. The standard InChI is InChI=1S/C21H26N4O3/c1-6-14-8-9-17(26)16(12-14)19-22-11-10-18(25-19)23-13-15(7-2)24-20(27)28-21(3,4)5/h1,8-12,15,26H,7,13H2,2-5H3,(H,24,27)(H,22,23,25). The molecule has 1 aromatic heterocycles. The van der Waals surface area contributed by atoms with Crippen LogP contribution in [0.5, 0.6) is 5.75 Å². The third kappa shape index (κ3) is 6.16. The van der Waals surface area contributed by atoms with E-state index in [0.29, 0.717) is 29.3 Å². The minimum atomic E-state index is -0.549. The zero-order valence-electron chi connectivity index (χ0n) is 16.6. The van der Waals surface area contributed by atoms with E-state index in [4.69, 9.17) is 11.2 Å². The Morgan fingerprint density at radius 3 is 2.75 bits per heavy atom. The van der Waals surface area contributed by atoms with Gasteiger partial charge >= 0.3 is 6.09 Å². The van der Waals surface area contributed by atoms with E-state index < -0.39 is 11.7 Å². The Bertz CT molecular complexity index is 869. The van der Waals surface area contributed by atoms with E-state index in [1.165, 1.54) is 6.07 Å². The Hall–Kier alpha value is -3.27. The first-order chi connectivity index (χ1) is 13.2. The van der Waals surface area contributed by atoms with Crippen molar-refractivity contribution in [2.75, 3.05) is 11.9 Å². The molecule has 1 aromatic carbocycles. The smallest absolute Gasteiger partial charge is 0.407 e. The van der Waals surface area contributed by atoms with Gasteiger partial charge in [0.1, 0.15) is 17.2 Å². The molecule has 0 radical (unpaired) electrons. The molecule has 1 atom stereocenters. The van der Waals surface area contributed by atoms with E-state index in [1.54, 1.807) is 24.4 Å². The summed E-state index contributed by atoms with van der Waals surface area (Å²) >= 11 is 0. The molecule has 0 aliphatic rings. The number of hydrogen-bond donors (Lipinski definition) is 3. The number of hydrogen-bond acceptors (Lipinski definition) is 6. The Labute approximate surface area is 165 Å². The van der Waals surface area contributed by atoms with Crippen LogP contribution in [0.2, 0.25) is 0 Å². The number of alkyl carbamates (subject to hydrolysis) is 1. The number of phenolic OH excluding ortho intramolecular Hbond substituents is 1. The maximum absolute atomic E-state index is 11.9. The van der Waals surface area contributed by atoms with Gasteiger partial charge in [-0.3, -0.25) is 0 Å². The number of terminal acetylenes is 1. The number of anilines is 1. The van der Waals surface area contributed by atoms with Gasteiger partial charge < -0.3 is 20.5 Å². The summed E-state index contributed by atoms with van der Waals surface area (Å²) in [5, 5.41) is 16.1. The van der Waals surface area contributed by atoms with Crippen LogP contribution in [-0.2, 0) is 4.74 Å². The highest BCUT2D eigenvalue weighted by atomic mass is 16.6. The monoisotopic (exact) mass is 382 g/mol. The van der Waals surface area contributed by atoms with Crippen molar-refractivity contribution in [3.63, 3.8) is 0 Å². The summed E-state index contributed by atoms with van der Waals surface area (Å²) < 4.78 is 5.29. The van der Waals surface area contributed by atoms with Gasteiger partial charge in [0.2, 0.25) is 0 Å². The molecular formula is C21H26N4O3. The Balaban J connectivity index is 2.06. The largest absolute Gasteiger partial charge is 0.507 e. The van der Waals surface area contributed by atoms with E-state index in [1.807, 2.05) is 27.7 Å². The lowest BCUT2D eigenvalue weighted by atomic mass is 10.1. The topological polar surface area (TPSA) is 96.4 Å². The molecule has 0 saturated carbocycles. The number of benzene rings is 1. The predicted octanol–water partition coefficient (Wildman–Crippen LogP) is 3.55. The SMILES string of the molecule is C#Cc1ccc(O)c(-c2nccc(NCC(CC)NC(=O)OC(C)(C)C)n2)c1. The lowest BCUT2D eigenvalue weighted by Gasteiger charge is -2.23. The normalized spacial score (nSPS) is 12.0. The van der Waals surface area contributed by atoms with Crippen LogP contribution < -0.4 is 10.6 Å². The minimum absolute atomic E-state index is 0.0502. The first kappa shape index (κ1) is 21.0. The second-order valence-electron chi connectivity index (χ2n) is 7.27. The summed E-state index contributed by atoms with van der Waals surface area (Å²) in [6, 6.07) is 6.41. The molecule has 0 bridgehead atoms. The maximum Gasteiger partial charge on any atom is 0.407 e. The number of nitrogens with zero attached hydrogens (tertiary/aromatic N) is 2. The molecule has 2 rings (SSSR count). The summed E-state index contributed by atoms with van der Waals surface area (Å²) in [5.74, 6) is 3.50. The van der Waals surface area contributed by atoms with Gasteiger partial charge in [0.25, 0.3) is 0 Å². The van der Waals surface area contributed by atoms with Crippen LogP contribution in [0.3, 0.4) is 0 Å². The summed E-state index contributed by atoms with van der Waals surface area (Å²) in [6.07, 6.45) is 7.27. The Morgan fingerprint density at radius 1 is 1.36 bits per heavy atom. The van der Waals surface area contributed by atoms with E-state index in [9.17, 15) is 9.90 Å². The van der Waals surface area contributed by atoms with Crippen LogP contribution in [0.25, 0.3) is 11.4 Å². The summed E-state index contributed by atoms with van der Waals surface area (Å²) in [5.41, 5.74) is 0.534. The number of nitrogens with one attached hydrogen (secondary N) is 2. The molecule has 1 amide bonds. The first-order valence-corrected chi connectivity index (χ1v) is 9.08. The van der Waals surface area contributed by atoms with Gasteiger partial charge in [0.05, 0.1) is 5.56 Å². The van der Waals surface area contributed by atoms with Crippen LogP contribution in [0.1, 0.15) is 39.7 Å². The van der Waals surface area contributed by atoms with Crippen molar-refractivity contribution in [1.29, 1.82) is 0 Å². The molecule has 2 aromatic rings. The van der Waals surface area contributed by atoms with Crippen LogP contribution >= 0.6 is 0 Å². The molecule has 7 nitrogen and oxygen atoms in total. The molecule has 0 aliphatic carbocycles. The van der Waals surface area contributed by atoms with Crippen molar-refractivity contribution in [3.8, 4) is 29.5 Å². The van der Waals surface area contributed by atoms with Gasteiger partial charge in [-0.05, 0) is 51.5 Å². The molecule has 28 heavy (non-hydrogen) atoms. The van der Waals surface area contributed by atoms with E-state index in [-0.39, 0.29) is 11.8 Å². The molecule has 7 heteroatoms. The van der Waals surface area contributed by atoms with E-state index in [0.717, 1.165) is 6.42 Å². The average Bonchev–Trinajstić information content (AvgIpc) is 2.64. The fraction of sp³-hybridized carbons (Fsp3) is 0.381. The zero-order chi connectivity index (χ0) is 20.7. The third-order valence-electron chi connectivity index (χ3n) is 3.80. The van der Waals surface area contributed by atoms with Crippen molar-refractivity contribution < 1.29 is 14.6 Å². The molecule has 0 fully saturated rings. The van der Waals surface area contributed by atoms with Gasteiger partial charge in [0, 0.05) is 24.3 Å². The number of phenols is 1. The first-order valence-electron chi connectivity index (χ1n) is 9.08. The summed E-state index contributed by atoms with van der Waals surface area (Å²) in [7, 11) is 0. The molecule has 0 aliphatic heterocycles. The van der Waals surface area contributed by atoms with Crippen molar-refractivity contribution in [1.82, 2.24) is 15.3 Å². The number of amides is 1. The van der Waals surface area contributed by atoms with Crippen LogP contribution in [0.4, 0.5) is 10.6 Å². The second-order valence-corrected chi connectivity index (χ2v) is 7.27. The summed E-state index contributed by atoms with van der Waals surface area (Å²) in [6.45, 7) is 7.89.